The molecule has 7 heteroatoms. The summed E-state index contributed by atoms with van der Waals surface area (Å²) in [6, 6.07) is 13.4. The number of benzene rings is 2. The maximum atomic E-state index is 12.7. The number of nitrogens with one attached hydrogen (secondary N) is 3. The number of amides is 2. The fourth-order valence-electron chi connectivity index (χ4n) is 5.63. The number of aromatic amines is 1. The molecule has 2 fully saturated rings. The highest BCUT2D eigenvalue weighted by atomic mass is 16.2. The summed E-state index contributed by atoms with van der Waals surface area (Å²) < 4.78 is 0. The molecule has 0 saturated carbocycles. The van der Waals surface area contributed by atoms with E-state index in [4.69, 9.17) is 0 Å². The van der Waals surface area contributed by atoms with Crippen LogP contribution in [0.4, 0.5) is 21.9 Å². The van der Waals surface area contributed by atoms with Crippen molar-refractivity contribution in [3.63, 3.8) is 0 Å². The van der Waals surface area contributed by atoms with Crippen molar-refractivity contribution in [1.29, 1.82) is 0 Å². The van der Waals surface area contributed by atoms with Crippen LogP contribution in [0.25, 0.3) is 10.9 Å². The molecule has 7 nitrogen and oxygen atoms in total. The van der Waals surface area contributed by atoms with Crippen LogP contribution < -0.4 is 20.7 Å². The Morgan fingerprint density at radius 3 is 2.70 bits per heavy atom. The Kier molecular flexibility index (Phi) is 4.07. The number of anilines is 3. The Morgan fingerprint density at radius 1 is 1.03 bits per heavy atom. The van der Waals surface area contributed by atoms with Crippen LogP contribution in [0, 0.1) is 0 Å². The Hall–Kier alpha value is -3.22. The van der Waals surface area contributed by atoms with Gasteiger partial charge >= 0.3 is 6.03 Å². The molecule has 2 atom stereocenters. The van der Waals surface area contributed by atoms with Gasteiger partial charge in [-0.15, -0.1) is 0 Å². The molecule has 3 aliphatic rings. The predicted molar refractivity (Wildman–Crippen MR) is 119 cm³/mol. The molecule has 2 unspecified atom stereocenters. The lowest BCUT2D eigenvalue weighted by molar-refractivity contribution is 0.251. The molecule has 6 rings (SSSR count). The van der Waals surface area contributed by atoms with Crippen molar-refractivity contribution in [2.24, 2.45) is 0 Å². The average molecular weight is 403 g/mol. The number of nitrogens with zero attached hydrogens (tertiary/aromatic N) is 3. The Morgan fingerprint density at radius 2 is 1.83 bits per heavy atom. The van der Waals surface area contributed by atoms with E-state index in [0.717, 1.165) is 35.2 Å². The summed E-state index contributed by atoms with van der Waals surface area (Å²) in [5.74, 6) is 0. The van der Waals surface area contributed by atoms with Gasteiger partial charge in [0, 0.05) is 35.3 Å². The van der Waals surface area contributed by atoms with Gasteiger partial charge in [0.05, 0.1) is 23.1 Å². The maximum Gasteiger partial charge on any atom is 0.338 e. The zero-order valence-electron chi connectivity index (χ0n) is 16.9. The largest absolute Gasteiger partial charge is 0.365 e. The number of hydrogen-bond donors (Lipinski definition) is 3. The zero-order chi connectivity index (χ0) is 20.1. The van der Waals surface area contributed by atoms with Crippen LogP contribution in [0.1, 0.15) is 37.7 Å². The van der Waals surface area contributed by atoms with Crippen LogP contribution in [-0.4, -0.2) is 34.9 Å². The number of rotatable bonds is 3. The van der Waals surface area contributed by atoms with Crippen molar-refractivity contribution >= 4 is 34.0 Å². The summed E-state index contributed by atoms with van der Waals surface area (Å²) in [6.07, 6.45) is 9.30. The molecule has 3 N–H and O–H groups in total. The summed E-state index contributed by atoms with van der Waals surface area (Å²) in [5, 5.41) is 12.8. The predicted octanol–water partition coefficient (Wildman–Crippen LogP) is 4.18. The molecular weight excluding hydrogens is 376 g/mol. The molecule has 0 aliphatic carbocycles. The zero-order valence-corrected chi connectivity index (χ0v) is 16.9. The number of urea groups is 1. The van der Waals surface area contributed by atoms with E-state index in [-0.39, 0.29) is 6.03 Å². The van der Waals surface area contributed by atoms with E-state index >= 15 is 0 Å². The van der Waals surface area contributed by atoms with Crippen LogP contribution in [0.3, 0.4) is 0 Å². The molecule has 3 aromatic rings. The minimum absolute atomic E-state index is 0.236. The van der Waals surface area contributed by atoms with Gasteiger partial charge in [-0.1, -0.05) is 12.1 Å². The summed E-state index contributed by atoms with van der Waals surface area (Å²) in [7, 11) is 0. The summed E-state index contributed by atoms with van der Waals surface area (Å²) >= 11 is 0. The molecule has 1 aromatic heterocycles. The fourth-order valence-corrected chi connectivity index (χ4v) is 5.63. The molecule has 0 radical (unpaired) electrons. The molecule has 2 saturated heterocycles. The van der Waals surface area contributed by atoms with Gasteiger partial charge in [-0.25, -0.2) is 10.2 Å². The second-order valence-corrected chi connectivity index (χ2v) is 8.60. The molecule has 4 heterocycles. The molecule has 2 bridgehead atoms. The van der Waals surface area contributed by atoms with Crippen molar-refractivity contribution in [2.75, 3.05) is 21.8 Å². The van der Waals surface area contributed by atoms with Crippen LogP contribution in [0.15, 0.2) is 42.6 Å². The van der Waals surface area contributed by atoms with Crippen molar-refractivity contribution in [3.8, 4) is 0 Å². The highest BCUT2D eigenvalue weighted by Gasteiger charge is 2.38. The number of hydrogen-bond acceptors (Lipinski definition) is 4. The topological polar surface area (TPSA) is 76.3 Å². The second-order valence-electron chi connectivity index (χ2n) is 8.60. The first-order chi connectivity index (χ1) is 14.8. The van der Waals surface area contributed by atoms with Gasteiger partial charge in [-0.3, -0.25) is 10.1 Å². The van der Waals surface area contributed by atoms with E-state index in [2.05, 4.69) is 44.0 Å². The third kappa shape index (κ3) is 2.80. The van der Waals surface area contributed by atoms with Crippen molar-refractivity contribution < 1.29 is 4.79 Å². The van der Waals surface area contributed by atoms with Gasteiger partial charge in [0.15, 0.2) is 0 Å². The lowest BCUT2D eigenvalue weighted by Crippen LogP contribution is -2.43. The Labute approximate surface area is 175 Å². The number of aromatic nitrogens is 2. The molecule has 3 aliphatic heterocycles. The van der Waals surface area contributed by atoms with Crippen molar-refractivity contribution in [1.82, 2.24) is 15.6 Å². The molecular formula is C23H26N6O. The minimum atomic E-state index is -0.236. The van der Waals surface area contributed by atoms with Gasteiger partial charge < -0.3 is 10.2 Å². The fraction of sp³-hybridized carbons (Fsp3) is 0.391. The van der Waals surface area contributed by atoms with E-state index in [1.807, 2.05) is 23.2 Å². The molecule has 0 spiro atoms. The quantitative estimate of drug-likeness (QED) is 0.614. The lowest BCUT2D eigenvalue weighted by atomic mass is 9.99. The van der Waals surface area contributed by atoms with Crippen LogP contribution in [0.2, 0.25) is 0 Å². The maximum absolute atomic E-state index is 12.7. The summed E-state index contributed by atoms with van der Waals surface area (Å²) in [6.45, 7) is 0.791. The van der Waals surface area contributed by atoms with Gasteiger partial charge in [-0.05, 0) is 62.8 Å². The number of hydrazine groups is 1. The number of piperidine rings is 1. The summed E-state index contributed by atoms with van der Waals surface area (Å²) in [5.41, 5.74) is 8.56. The van der Waals surface area contributed by atoms with Gasteiger partial charge in [0.25, 0.3) is 0 Å². The van der Waals surface area contributed by atoms with E-state index < -0.39 is 0 Å². The lowest BCUT2D eigenvalue weighted by Gasteiger charge is -2.38. The van der Waals surface area contributed by atoms with E-state index in [1.54, 1.807) is 6.20 Å². The minimum Gasteiger partial charge on any atom is -0.365 e. The molecule has 30 heavy (non-hydrogen) atoms. The van der Waals surface area contributed by atoms with E-state index in [9.17, 15) is 4.79 Å². The average Bonchev–Trinajstić information content (AvgIpc) is 3.45. The van der Waals surface area contributed by atoms with E-state index in [1.165, 1.54) is 43.4 Å². The molecule has 154 valence electrons. The third-order valence-electron chi connectivity index (χ3n) is 6.95. The van der Waals surface area contributed by atoms with Gasteiger partial charge in [0.1, 0.15) is 0 Å². The molecule has 2 amide bonds. The van der Waals surface area contributed by atoms with Gasteiger partial charge in [-0.2, -0.15) is 5.10 Å². The first-order valence-corrected chi connectivity index (χ1v) is 11.0. The van der Waals surface area contributed by atoms with Crippen LogP contribution >= 0.6 is 0 Å². The molecule has 2 aromatic carbocycles. The number of carbonyl (C=O) groups excluding carboxylic acids is 1. The SMILES string of the molecule is O=C(Nc1cccc2[nH]ncc12)NN1CCc2c1cccc2N1C2CCCC1CC2. The monoisotopic (exact) mass is 402 g/mol. The smallest absolute Gasteiger partial charge is 0.338 e. The third-order valence-corrected chi connectivity index (χ3v) is 6.95. The van der Waals surface area contributed by atoms with Crippen molar-refractivity contribution in [3.05, 3.63) is 48.2 Å². The first kappa shape index (κ1) is 17.6. The summed E-state index contributed by atoms with van der Waals surface area (Å²) in [4.78, 5) is 15.4. The highest BCUT2D eigenvalue weighted by molar-refractivity contribution is 6.00. The number of fused-ring (bicyclic) bond motifs is 4. The number of H-pyrrole nitrogens is 1. The van der Waals surface area contributed by atoms with Crippen LogP contribution in [-0.2, 0) is 6.42 Å². The van der Waals surface area contributed by atoms with E-state index in [0.29, 0.717) is 12.1 Å². The Bertz CT molecular complexity index is 1090. The Balaban J connectivity index is 1.22. The number of carbonyl (C=O) groups is 1. The van der Waals surface area contributed by atoms with Crippen LogP contribution in [0.5, 0.6) is 0 Å². The first-order valence-electron chi connectivity index (χ1n) is 11.0. The second kappa shape index (κ2) is 6.93. The standard InChI is InChI=1S/C23H26N6O/c30-23(25-19-6-2-7-20-18(19)14-24-26-20)27-28-13-12-17-21(28)8-3-9-22(17)29-15-4-1-5-16(29)11-10-15/h2-3,6-9,14-16H,1,4-5,10-13H2,(H,24,26)(H2,25,27,30). The van der Waals surface area contributed by atoms with Crippen molar-refractivity contribution in [2.45, 2.75) is 50.6 Å². The normalized spacial score (nSPS) is 22.4. The van der Waals surface area contributed by atoms with Gasteiger partial charge in [0.2, 0.25) is 0 Å². The highest BCUT2D eigenvalue weighted by Crippen LogP contribution is 2.43.